The highest BCUT2D eigenvalue weighted by molar-refractivity contribution is 8.00. The summed E-state index contributed by atoms with van der Waals surface area (Å²) >= 11 is 1.48. The molecular weight excluding hydrogens is 284 g/mol. The maximum absolute atomic E-state index is 11.7. The molecule has 0 aliphatic heterocycles. The molecule has 4 N–H and O–H groups in total. The van der Waals surface area contributed by atoms with Gasteiger partial charge >= 0.3 is 11.9 Å². The van der Waals surface area contributed by atoms with Gasteiger partial charge in [-0.1, -0.05) is 20.8 Å². The van der Waals surface area contributed by atoms with Crippen molar-refractivity contribution >= 4 is 29.6 Å². The first-order valence-corrected chi connectivity index (χ1v) is 7.05. The molecule has 0 aliphatic carbocycles. The van der Waals surface area contributed by atoms with Gasteiger partial charge in [-0.25, -0.2) is 4.79 Å². The lowest BCUT2D eigenvalue weighted by atomic mass is 10.2. The van der Waals surface area contributed by atoms with Crippen molar-refractivity contribution in [1.29, 1.82) is 0 Å². The zero-order valence-corrected chi connectivity index (χ0v) is 13.0. The number of ether oxygens (including phenoxy) is 1. The number of rotatable bonds is 7. The highest BCUT2D eigenvalue weighted by Crippen LogP contribution is 2.23. The Labute approximate surface area is 122 Å². The smallest absolute Gasteiger partial charge is 0.329 e. The Kier molecular flexibility index (Phi) is 7.59. The monoisotopic (exact) mass is 306 g/mol. The highest BCUT2D eigenvalue weighted by Gasteiger charge is 2.27. The lowest BCUT2D eigenvalue weighted by molar-refractivity contribution is -0.144. The van der Waals surface area contributed by atoms with Gasteiger partial charge in [-0.3, -0.25) is 9.59 Å². The third kappa shape index (κ3) is 8.00. The molecule has 116 valence electrons. The number of aliphatic carboxylic acids is 1. The Bertz CT molecular complexity index is 367. The Hall–Kier alpha value is -1.28. The van der Waals surface area contributed by atoms with Crippen LogP contribution in [0.3, 0.4) is 0 Å². The molecule has 0 rings (SSSR count). The molecule has 2 unspecified atom stereocenters. The normalized spacial score (nSPS) is 14.2. The first-order chi connectivity index (χ1) is 9.06. The first kappa shape index (κ1) is 18.7. The summed E-state index contributed by atoms with van der Waals surface area (Å²) in [7, 11) is 1.22. The fourth-order valence-corrected chi connectivity index (χ4v) is 2.09. The predicted molar refractivity (Wildman–Crippen MR) is 76.4 cm³/mol. The van der Waals surface area contributed by atoms with Gasteiger partial charge in [0, 0.05) is 10.5 Å². The van der Waals surface area contributed by atoms with E-state index in [0.29, 0.717) is 5.75 Å². The molecule has 2 atom stereocenters. The summed E-state index contributed by atoms with van der Waals surface area (Å²) in [5.41, 5.74) is 5.44. The number of thioether (sulfide) groups is 1. The summed E-state index contributed by atoms with van der Waals surface area (Å²) in [4.78, 5) is 33.8. The second-order valence-corrected chi connectivity index (χ2v) is 7.06. The second kappa shape index (κ2) is 8.11. The molecule has 20 heavy (non-hydrogen) atoms. The van der Waals surface area contributed by atoms with Gasteiger partial charge in [0.15, 0.2) is 0 Å². The number of carbonyl (C=O) groups is 3. The molecule has 0 aromatic heterocycles. The molecule has 0 saturated heterocycles. The molecule has 0 aromatic carbocycles. The van der Waals surface area contributed by atoms with Crippen LogP contribution in [0, 0.1) is 0 Å². The fourth-order valence-electron chi connectivity index (χ4n) is 1.20. The lowest BCUT2D eigenvalue weighted by Crippen LogP contribution is -2.50. The quantitative estimate of drug-likeness (QED) is 0.565. The SMILES string of the molecule is COC(=O)C(CSC(C)(C)C)NC(=O)C(N)CC(=O)O. The summed E-state index contributed by atoms with van der Waals surface area (Å²) in [5, 5.41) is 11.0. The van der Waals surface area contributed by atoms with Crippen molar-refractivity contribution in [3.05, 3.63) is 0 Å². The Morgan fingerprint density at radius 1 is 1.35 bits per heavy atom. The van der Waals surface area contributed by atoms with Crippen LogP contribution >= 0.6 is 11.8 Å². The molecule has 0 radical (unpaired) electrons. The van der Waals surface area contributed by atoms with Crippen molar-refractivity contribution in [3.63, 3.8) is 0 Å². The maximum Gasteiger partial charge on any atom is 0.329 e. The van der Waals surface area contributed by atoms with Crippen molar-refractivity contribution in [2.75, 3.05) is 12.9 Å². The predicted octanol–water partition coefficient (Wildman–Crippen LogP) is -0.0221. The molecule has 0 fully saturated rings. The number of hydrogen-bond donors (Lipinski definition) is 3. The van der Waals surface area contributed by atoms with Gasteiger partial charge in [0.1, 0.15) is 6.04 Å². The highest BCUT2D eigenvalue weighted by atomic mass is 32.2. The van der Waals surface area contributed by atoms with E-state index in [0.717, 1.165) is 0 Å². The van der Waals surface area contributed by atoms with E-state index in [1.54, 1.807) is 0 Å². The van der Waals surface area contributed by atoms with Crippen LogP contribution in [0.5, 0.6) is 0 Å². The maximum atomic E-state index is 11.7. The van der Waals surface area contributed by atoms with Crippen LogP contribution in [0.15, 0.2) is 0 Å². The number of nitrogens with one attached hydrogen (secondary N) is 1. The Balaban J connectivity index is 4.61. The number of esters is 1. The Morgan fingerprint density at radius 3 is 2.30 bits per heavy atom. The van der Waals surface area contributed by atoms with Crippen LogP contribution in [-0.2, 0) is 19.1 Å². The lowest BCUT2D eigenvalue weighted by Gasteiger charge is -2.23. The molecule has 1 amide bonds. The molecule has 0 heterocycles. The van der Waals surface area contributed by atoms with Gasteiger partial charge in [0.25, 0.3) is 0 Å². The van der Waals surface area contributed by atoms with E-state index in [2.05, 4.69) is 10.1 Å². The molecule has 0 spiro atoms. The number of carbonyl (C=O) groups excluding carboxylic acids is 2. The van der Waals surface area contributed by atoms with Crippen molar-refractivity contribution in [2.45, 2.75) is 44.0 Å². The zero-order chi connectivity index (χ0) is 15.9. The van der Waals surface area contributed by atoms with Crippen molar-refractivity contribution < 1.29 is 24.2 Å². The largest absolute Gasteiger partial charge is 0.481 e. The van der Waals surface area contributed by atoms with E-state index in [1.165, 1.54) is 18.9 Å². The molecule has 8 heteroatoms. The van der Waals surface area contributed by atoms with E-state index in [1.807, 2.05) is 20.8 Å². The standard InChI is InChI=1S/C12H22N2O5S/c1-12(2,3)20-6-8(11(18)19-4)14-10(17)7(13)5-9(15)16/h7-8H,5-6,13H2,1-4H3,(H,14,17)(H,15,16). The summed E-state index contributed by atoms with van der Waals surface area (Å²) in [5.74, 6) is -2.12. The third-order valence-electron chi connectivity index (χ3n) is 2.22. The molecule has 0 aliphatic rings. The number of methoxy groups -OCH3 is 1. The van der Waals surface area contributed by atoms with Crippen molar-refractivity contribution in [2.24, 2.45) is 5.73 Å². The second-order valence-electron chi connectivity index (χ2n) is 5.21. The summed E-state index contributed by atoms with van der Waals surface area (Å²) in [6.45, 7) is 5.93. The summed E-state index contributed by atoms with van der Waals surface area (Å²) < 4.78 is 4.53. The van der Waals surface area contributed by atoms with Gasteiger partial charge in [-0.15, -0.1) is 0 Å². The van der Waals surface area contributed by atoms with Gasteiger partial charge in [0.05, 0.1) is 19.6 Å². The fraction of sp³-hybridized carbons (Fsp3) is 0.750. The number of nitrogens with two attached hydrogens (primary N) is 1. The average Bonchev–Trinajstić information content (AvgIpc) is 2.31. The van der Waals surface area contributed by atoms with E-state index < -0.39 is 36.4 Å². The van der Waals surface area contributed by atoms with Gasteiger partial charge in [-0.2, -0.15) is 11.8 Å². The van der Waals surface area contributed by atoms with Gasteiger partial charge in [0.2, 0.25) is 5.91 Å². The molecule has 0 aromatic rings. The van der Waals surface area contributed by atoms with Crippen LogP contribution in [0.1, 0.15) is 27.2 Å². The molecule has 0 saturated carbocycles. The minimum atomic E-state index is -1.20. The summed E-state index contributed by atoms with van der Waals surface area (Å²) in [6, 6.07) is -2.05. The molecule has 0 bridgehead atoms. The van der Waals surface area contributed by atoms with Crippen LogP contribution in [-0.4, -0.2) is 52.6 Å². The molecular formula is C12H22N2O5S. The van der Waals surface area contributed by atoms with Gasteiger partial charge < -0.3 is 20.9 Å². The van der Waals surface area contributed by atoms with Crippen LogP contribution in [0.25, 0.3) is 0 Å². The Morgan fingerprint density at radius 2 is 1.90 bits per heavy atom. The van der Waals surface area contributed by atoms with Crippen LogP contribution in [0.2, 0.25) is 0 Å². The number of hydrogen-bond acceptors (Lipinski definition) is 6. The number of carboxylic acid groups (broad SMARTS) is 1. The summed E-state index contributed by atoms with van der Waals surface area (Å²) in [6.07, 6.45) is -0.494. The molecule has 7 nitrogen and oxygen atoms in total. The van der Waals surface area contributed by atoms with Crippen LogP contribution < -0.4 is 11.1 Å². The van der Waals surface area contributed by atoms with Crippen LogP contribution in [0.4, 0.5) is 0 Å². The topological polar surface area (TPSA) is 119 Å². The third-order valence-corrected chi connectivity index (χ3v) is 3.58. The average molecular weight is 306 g/mol. The van der Waals surface area contributed by atoms with E-state index in [4.69, 9.17) is 10.8 Å². The van der Waals surface area contributed by atoms with Crippen molar-refractivity contribution in [3.8, 4) is 0 Å². The number of amides is 1. The minimum Gasteiger partial charge on any atom is -0.481 e. The number of carboxylic acids is 1. The van der Waals surface area contributed by atoms with Gasteiger partial charge in [-0.05, 0) is 0 Å². The minimum absolute atomic E-state index is 0.0832. The zero-order valence-electron chi connectivity index (χ0n) is 12.1. The van der Waals surface area contributed by atoms with Crippen molar-refractivity contribution in [1.82, 2.24) is 5.32 Å². The first-order valence-electron chi connectivity index (χ1n) is 6.06. The van der Waals surface area contributed by atoms with E-state index in [-0.39, 0.29) is 4.75 Å². The van der Waals surface area contributed by atoms with E-state index >= 15 is 0 Å². The van der Waals surface area contributed by atoms with E-state index in [9.17, 15) is 14.4 Å².